The first-order chi connectivity index (χ1) is 13.9. The maximum absolute atomic E-state index is 12.9. The third kappa shape index (κ3) is 5.74. The van der Waals surface area contributed by atoms with Crippen LogP contribution >= 0.6 is 0 Å². The van der Waals surface area contributed by atoms with Crippen LogP contribution in [0.2, 0.25) is 0 Å². The van der Waals surface area contributed by atoms with Crippen molar-refractivity contribution in [1.29, 1.82) is 0 Å². The summed E-state index contributed by atoms with van der Waals surface area (Å²) in [5.41, 5.74) is 7.58. The molecule has 2 aromatic carbocycles. The molecule has 152 valence electrons. The van der Waals surface area contributed by atoms with Crippen molar-refractivity contribution in [2.75, 3.05) is 18.0 Å². The average molecular weight is 404 g/mol. The van der Waals surface area contributed by atoms with Gasteiger partial charge in [0.2, 0.25) is 0 Å². The van der Waals surface area contributed by atoms with Gasteiger partial charge in [-0.25, -0.2) is 17.6 Å². The number of hydrogen-bond donors (Lipinski definition) is 1. The Morgan fingerprint density at radius 1 is 0.828 bits per heavy atom. The molecule has 1 fully saturated rings. The molecule has 0 saturated carbocycles. The van der Waals surface area contributed by atoms with Gasteiger partial charge in [0, 0.05) is 30.8 Å². The van der Waals surface area contributed by atoms with Gasteiger partial charge < -0.3 is 10.6 Å². The van der Waals surface area contributed by atoms with Crippen LogP contribution < -0.4 is 10.6 Å². The van der Waals surface area contributed by atoms with E-state index in [0.717, 1.165) is 55.1 Å². The van der Waals surface area contributed by atoms with E-state index in [2.05, 4.69) is 15.1 Å². The summed E-state index contributed by atoms with van der Waals surface area (Å²) in [5, 5.41) is 8.49. The topological polar surface area (TPSA) is 55.0 Å². The van der Waals surface area contributed by atoms with E-state index >= 15 is 0 Å². The Kier molecular flexibility index (Phi) is 6.77. The summed E-state index contributed by atoms with van der Waals surface area (Å²) >= 11 is 0. The van der Waals surface area contributed by atoms with Crippen molar-refractivity contribution in [1.82, 2.24) is 10.2 Å². The normalized spacial score (nSPS) is 16.2. The Labute approximate surface area is 166 Å². The molecule has 4 nitrogen and oxygen atoms in total. The molecule has 0 spiro atoms. The zero-order valence-corrected chi connectivity index (χ0v) is 15.5. The number of piperidine rings is 1. The lowest BCUT2D eigenvalue weighted by Crippen LogP contribution is -2.43. The first kappa shape index (κ1) is 20.7. The van der Waals surface area contributed by atoms with Crippen molar-refractivity contribution in [3.63, 3.8) is 0 Å². The van der Waals surface area contributed by atoms with Gasteiger partial charge in [0.25, 0.3) is 0 Å². The van der Waals surface area contributed by atoms with Gasteiger partial charge in [-0.2, -0.15) is 0 Å². The van der Waals surface area contributed by atoms with Crippen LogP contribution in [-0.4, -0.2) is 29.3 Å². The molecule has 3 aromatic rings. The van der Waals surface area contributed by atoms with Gasteiger partial charge in [0.05, 0.1) is 5.69 Å². The lowest BCUT2D eigenvalue weighted by atomic mass is 10.1. The molecular weight excluding hydrogens is 384 g/mol. The van der Waals surface area contributed by atoms with Gasteiger partial charge in [0.1, 0.15) is 11.6 Å². The molecule has 0 bridgehead atoms. The van der Waals surface area contributed by atoms with Crippen molar-refractivity contribution < 1.29 is 17.6 Å². The van der Waals surface area contributed by atoms with E-state index < -0.39 is 17.5 Å². The number of benzene rings is 2. The first-order valence-electron chi connectivity index (χ1n) is 9.13. The number of aromatic nitrogens is 2. The van der Waals surface area contributed by atoms with Gasteiger partial charge in [0.15, 0.2) is 17.5 Å². The van der Waals surface area contributed by atoms with Crippen molar-refractivity contribution in [2.24, 2.45) is 5.73 Å². The van der Waals surface area contributed by atoms with Crippen molar-refractivity contribution in [2.45, 2.75) is 18.9 Å². The molecule has 29 heavy (non-hydrogen) atoms. The minimum absolute atomic E-state index is 0.210. The van der Waals surface area contributed by atoms with Crippen LogP contribution in [0.1, 0.15) is 12.8 Å². The second-order valence-corrected chi connectivity index (χ2v) is 6.69. The fourth-order valence-electron chi connectivity index (χ4n) is 2.96. The Bertz CT molecular complexity index is 932. The summed E-state index contributed by atoms with van der Waals surface area (Å²) in [7, 11) is 0. The lowest BCUT2D eigenvalue weighted by Gasteiger charge is -2.31. The van der Waals surface area contributed by atoms with Crippen molar-refractivity contribution in [3.05, 3.63) is 77.9 Å². The van der Waals surface area contributed by atoms with Gasteiger partial charge in [-0.05, 0) is 61.4 Å². The quantitative estimate of drug-likeness (QED) is 0.511. The molecule has 2 heterocycles. The SMILES string of the molecule is Fc1ccc(F)c(F)c1.N[C@@H]1CCCN(c2ccc(-c3ccc(F)cc3)nn2)C1. The van der Waals surface area contributed by atoms with Crippen LogP contribution in [0.15, 0.2) is 54.6 Å². The molecule has 1 aromatic heterocycles. The molecule has 0 amide bonds. The minimum Gasteiger partial charge on any atom is -0.354 e. The predicted molar refractivity (Wildman–Crippen MR) is 103 cm³/mol. The predicted octanol–water partition coefficient (Wildman–Crippen LogP) is 4.31. The number of nitrogens with two attached hydrogens (primary N) is 1. The third-order valence-corrected chi connectivity index (χ3v) is 4.45. The third-order valence-electron chi connectivity index (χ3n) is 4.45. The Balaban J connectivity index is 0.000000224. The molecule has 1 atom stereocenters. The van der Waals surface area contributed by atoms with Crippen molar-refractivity contribution in [3.8, 4) is 11.3 Å². The lowest BCUT2D eigenvalue weighted by molar-refractivity contribution is 0.495. The van der Waals surface area contributed by atoms with E-state index in [1.54, 1.807) is 12.1 Å². The number of hydrogen-bond acceptors (Lipinski definition) is 4. The van der Waals surface area contributed by atoms with Crippen LogP contribution in [-0.2, 0) is 0 Å². The van der Waals surface area contributed by atoms with Crippen LogP contribution in [0.3, 0.4) is 0 Å². The summed E-state index contributed by atoms with van der Waals surface area (Å²) < 4.78 is 48.8. The highest BCUT2D eigenvalue weighted by Gasteiger charge is 2.18. The number of rotatable bonds is 2. The molecule has 8 heteroatoms. The van der Waals surface area contributed by atoms with Crippen LogP contribution in [0.5, 0.6) is 0 Å². The van der Waals surface area contributed by atoms with Gasteiger partial charge >= 0.3 is 0 Å². The van der Waals surface area contributed by atoms with Crippen molar-refractivity contribution >= 4 is 5.82 Å². The average Bonchev–Trinajstić information content (AvgIpc) is 2.72. The van der Waals surface area contributed by atoms with E-state index in [9.17, 15) is 17.6 Å². The van der Waals surface area contributed by atoms with Crippen LogP contribution in [0.4, 0.5) is 23.4 Å². The fourth-order valence-corrected chi connectivity index (χ4v) is 2.96. The smallest absolute Gasteiger partial charge is 0.161 e. The second kappa shape index (κ2) is 9.47. The summed E-state index contributed by atoms with van der Waals surface area (Å²) in [5.74, 6) is -2.35. The van der Waals surface area contributed by atoms with Crippen LogP contribution in [0, 0.1) is 23.3 Å². The maximum atomic E-state index is 12.9. The second-order valence-electron chi connectivity index (χ2n) is 6.69. The summed E-state index contributed by atoms with van der Waals surface area (Å²) in [6.07, 6.45) is 2.15. The summed E-state index contributed by atoms with van der Waals surface area (Å²) in [6, 6.07) is 12.4. The number of halogens is 4. The zero-order chi connectivity index (χ0) is 20.8. The highest BCUT2D eigenvalue weighted by atomic mass is 19.2. The number of nitrogens with zero attached hydrogens (tertiary/aromatic N) is 3. The van der Waals surface area contributed by atoms with Gasteiger partial charge in [-0.3, -0.25) is 0 Å². The van der Waals surface area contributed by atoms with E-state index in [1.165, 1.54) is 12.1 Å². The molecule has 0 aliphatic carbocycles. The highest BCUT2D eigenvalue weighted by Crippen LogP contribution is 2.20. The summed E-state index contributed by atoms with van der Waals surface area (Å²) in [4.78, 5) is 2.16. The zero-order valence-electron chi connectivity index (χ0n) is 15.5. The fraction of sp³-hybridized carbons (Fsp3) is 0.238. The maximum Gasteiger partial charge on any atom is 0.161 e. The van der Waals surface area contributed by atoms with Crippen LogP contribution in [0.25, 0.3) is 11.3 Å². The van der Waals surface area contributed by atoms with E-state index in [0.29, 0.717) is 6.07 Å². The highest BCUT2D eigenvalue weighted by molar-refractivity contribution is 5.59. The first-order valence-corrected chi connectivity index (χ1v) is 9.13. The molecule has 1 saturated heterocycles. The molecule has 1 aliphatic heterocycles. The van der Waals surface area contributed by atoms with Gasteiger partial charge in [-0.1, -0.05) is 0 Å². The monoisotopic (exact) mass is 404 g/mol. The molecular formula is C21H20F4N4. The standard InChI is InChI=1S/C15H17FN4.C6H3F3/c16-12-5-3-11(4-6-12)14-7-8-15(19-18-14)20-9-1-2-13(17)10-20;7-4-1-2-5(8)6(9)3-4/h3-8,13H,1-2,9-10,17H2;1-3H/t13-;/m1./s1. The summed E-state index contributed by atoms with van der Waals surface area (Å²) in [6.45, 7) is 1.79. The van der Waals surface area contributed by atoms with Gasteiger partial charge in [-0.15, -0.1) is 10.2 Å². The van der Waals surface area contributed by atoms with E-state index in [4.69, 9.17) is 5.73 Å². The Hall–Kier alpha value is -3.00. The van der Waals surface area contributed by atoms with E-state index in [1.807, 2.05) is 12.1 Å². The largest absolute Gasteiger partial charge is 0.354 e. The Morgan fingerprint density at radius 3 is 2.14 bits per heavy atom. The molecule has 2 N–H and O–H groups in total. The Morgan fingerprint density at radius 2 is 1.55 bits per heavy atom. The molecule has 4 rings (SSSR count). The molecule has 0 unspecified atom stereocenters. The number of anilines is 1. The molecule has 0 radical (unpaired) electrons. The van der Waals surface area contributed by atoms with E-state index in [-0.39, 0.29) is 11.9 Å². The minimum atomic E-state index is -1.16. The molecule has 1 aliphatic rings.